The lowest BCUT2D eigenvalue weighted by Gasteiger charge is -2.39. The zero-order valence-corrected chi connectivity index (χ0v) is 14.0. The van der Waals surface area contributed by atoms with Crippen molar-refractivity contribution in [3.8, 4) is 0 Å². The Labute approximate surface area is 136 Å². The predicted octanol–water partition coefficient (Wildman–Crippen LogP) is 3.61. The molecule has 21 heavy (non-hydrogen) atoms. The van der Waals surface area contributed by atoms with Gasteiger partial charge in [-0.25, -0.2) is 0 Å². The zero-order chi connectivity index (χ0) is 15.6. The highest BCUT2D eigenvalue weighted by molar-refractivity contribution is 7.80. The van der Waals surface area contributed by atoms with Crippen molar-refractivity contribution in [2.75, 3.05) is 0 Å². The van der Waals surface area contributed by atoms with Gasteiger partial charge in [0.2, 0.25) is 0 Å². The molecule has 1 aromatic carbocycles. The minimum atomic E-state index is -0.549. The predicted molar refractivity (Wildman–Crippen MR) is 90.8 cm³/mol. The summed E-state index contributed by atoms with van der Waals surface area (Å²) in [6.45, 7) is 4.10. The number of hydrogen-bond acceptors (Lipinski definition) is 2. The molecule has 1 amide bonds. The summed E-state index contributed by atoms with van der Waals surface area (Å²) < 4.78 is 0. The fourth-order valence-electron chi connectivity index (χ4n) is 2.76. The molecule has 0 bridgehead atoms. The van der Waals surface area contributed by atoms with Gasteiger partial charge in [-0.3, -0.25) is 4.79 Å². The fraction of sp³-hybridized carbons (Fsp3) is 0.500. The molecule has 0 radical (unpaired) electrons. The molecule has 0 spiro atoms. The quantitative estimate of drug-likeness (QED) is 0.835. The van der Waals surface area contributed by atoms with Crippen LogP contribution >= 0.6 is 23.8 Å². The van der Waals surface area contributed by atoms with Crippen molar-refractivity contribution in [1.29, 1.82) is 0 Å². The normalized spacial score (nSPS) is 25.4. The molecule has 0 aromatic heterocycles. The van der Waals surface area contributed by atoms with Crippen LogP contribution in [0.2, 0.25) is 5.02 Å². The number of benzene rings is 1. The van der Waals surface area contributed by atoms with Crippen LogP contribution in [-0.4, -0.2) is 16.4 Å². The van der Waals surface area contributed by atoms with E-state index in [2.05, 4.69) is 12.2 Å². The maximum atomic E-state index is 12.5. The highest BCUT2D eigenvalue weighted by atomic mass is 35.5. The van der Waals surface area contributed by atoms with Gasteiger partial charge in [-0.1, -0.05) is 30.7 Å². The van der Waals surface area contributed by atoms with Gasteiger partial charge in [-0.15, -0.1) is 0 Å². The zero-order valence-electron chi connectivity index (χ0n) is 12.4. The van der Waals surface area contributed by atoms with Gasteiger partial charge in [-0.05, 0) is 62.3 Å². The average molecular weight is 325 g/mol. The second-order valence-electron chi connectivity index (χ2n) is 6.05. The number of carbonyl (C=O) groups is 1. The summed E-state index contributed by atoms with van der Waals surface area (Å²) in [5, 5.41) is 3.72. The maximum absolute atomic E-state index is 12.5. The van der Waals surface area contributed by atoms with Crippen LogP contribution in [0.3, 0.4) is 0 Å². The largest absolute Gasteiger partial charge is 0.391 e. The monoisotopic (exact) mass is 324 g/mol. The molecular weight excluding hydrogens is 304 g/mol. The second-order valence-corrected chi connectivity index (χ2v) is 6.89. The molecular formula is C16H21ClN2OS. The van der Waals surface area contributed by atoms with Crippen LogP contribution in [0.25, 0.3) is 0 Å². The van der Waals surface area contributed by atoms with Gasteiger partial charge in [0.05, 0.1) is 10.5 Å². The summed E-state index contributed by atoms with van der Waals surface area (Å²) >= 11 is 11.2. The van der Waals surface area contributed by atoms with E-state index >= 15 is 0 Å². The summed E-state index contributed by atoms with van der Waals surface area (Å²) in [7, 11) is 0. The Kier molecular flexibility index (Phi) is 4.89. The van der Waals surface area contributed by atoms with E-state index < -0.39 is 5.54 Å². The number of hydrogen-bond donors (Lipinski definition) is 2. The van der Waals surface area contributed by atoms with E-state index in [1.807, 2.05) is 6.92 Å². The van der Waals surface area contributed by atoms with Gasteiger partial charge >= 0.3 is 0 Å². The molecule has 1 aromatic rings. The number of nitrogens with two attached hydrogens (primary N) is 1. The summed E-state index contributed by atoms with van der Waals surface area (Å²) in [6, 6.07) is 5.25. The van der Waals surface area contributed by atoms with Crippen molar-refractivity contribution in [3.05, 3.63) is 34.3 Å². The van der Waals surface area contributed by atoms with Crippen LogP contribution in [-0.2, 0) is 0 Å². The minimum Gasteiger partial charge on any atom is -0.391 e. The Morgan fingerprint density at radius 2 is 2.05 bits per heavy atom. The van der Waals surface area contributed by atoms with Crippen molar-refractivity contribution in [1.82, 2.24) is 5.32 Å². The smallest absolute Gasteiger partial charge is 0.252 e. The molecule has 1 fully saturated rings. The molecule has 0 heterocycles. The van der Waals surface area contributed by atoms with Crippen LogP contribution in [0.15, 0.2) is 18.2 Å². The summed E-state index contributed by atoms with van der Waals surface area (Å²) in [5.74, 6) is 0.513. The minimum absolute atomic E-state index is 0.142. The Morgan fingerprint density at radius 1 is 1.43 bits per heavy atom. The maximum Gasteiger partial charge on any atom is 0.252 e. The molecule has 2 rings (SSSR count). The summed E-state index contributed by atoms with van der Waals surface area (Å²) in [5.41, 5.74) is 6.84. The number of nitrogens with one attached hydrogen (secondary N) is 1. The Bertz CT molecular complexity index is 565. The first-order valence-electron chi connectivity index (χ1n) is 7.22. The van der Waals surface area contributed by atoms with E-state index in [9.17, 15) is 4.79 Å². The standard InChI is InChI=1S/C16H21ClN2OS/c1-10-5-7-16(8-6-10,15(18)21)19-14(20)12-3-4-13(17)11(2)9-12/h3-4,9-10H,5-8H2,1-2H3,(H2,18,21)(H,19,20). The second kappa shape index (κ2) is 6.32. The number of thiocarbonyl (C=S) groups is 1. The molecule has 1 aliphatic rings. The molecule has 1 aliphatic carbocycles. The SMILES string of the molecule is Cc1cc(C(=O)NC2(C(N)=S)CCC(C)CC2)ccc1Cl. The number of carbonyl (C=O) groups excluding carboxylic acids is 1. The van der Waals surface area contributed by atoms with E-state index in [1.54, 1.807) is 18.2 Å². The van der Waals surface area contributed by atoms with E-state index in [0.29, 0.717) is 21.5 Å². The first kappa shape index (κ1) is 16.2. The van der Waals surface area contributed by atoms with Gasteiger partial charge in [-0.2, -0.15) is 0 Å². The Morgan fingerprint density at radius 3 is 2.57 bits per heavy atom. The summed E-state index contributed by atoms with van der Waals surface area (Å²) in [4.78, 5) is 12.9. The number of amides is 1. The lowest BCUT2D eigenvalue weighted by Crippen LogP contribution is -2.58. The third kappa shape index (κ3) is 3.55. The fourth-order valence-corrected chi connectivity index (χ4v) is 3.14. The highest BCUT2D eigenvalue weighted by Gasteiger charge is 2.38. The Balaban J connectivity index is 2.19. The van der Waals surface area contributed by atoms with E-state index in [0.717, 1.165) is 31.2 Å². The van der Waals surface area contributed by atoms with Crippen LogP contribution in [0.1, 0.15) is 48.5 Å². The first-order valence-corrected chi connectivity index (χ1v) is 8.01. The number of rotatable bonds is 3. The van der Waals surface area contributed by atoms with E-state index in [4.69, 9.17) is 29.6 Å². The van der Waals surface area contributed by atoms with Gasteiger partial charge in [0, 0.05) is 10.6 Å². The molecule has 1 saturated carbocycles. The van der Waals surface area contributed by atoms with Crippen molar-refractivity contribution in [3.63, 3.8) is 0 Å². The highest BCUT2D eigenvalue weighted by Crippen LogP contribution is 2.32. The number of aryl methyl sites for hydroxylation is 1. The molecule has 5 heteroatoms. The lowest BCUT2D eigenvalue weighted by atomic mass is 9.77. The van der Waals surface area contributed by atoms with Crippen LogP contribution in [0, 0.1) is 12.8 Å². The van der Waals surface area contributed by atoms with Crippen LogP contribution < -0.4 is 11.1 Å². The van der Waals surface area contributed by atoms with Crippen molar-refractivity contribution in [2.45, 2.75) is 45.1 Å². The third-order valence-electron chi connectivity index (χ3n) is 4.37. The molecule has 0 saturated heterocycles. The lowest BCUT2D eigenvalue weighted by molar-refractivity contribution is 0.0900. The average Bonchev–Trinajstić information content (AvgIpc) is 2.44. The molecule has 0 atom stereocenters. The molecule has 114 valence electrons. The topological polar surface area (TPSA) is 55.1 Å². The molecule has 3 nitrogen and oxygen atoms in total. The van der Waals surface area contributed by atoms with Crippen molar-refractivity contribution in [2.24, 2.45) is 11.7 Å². The van der Waals surface area contributed by atoms with Crippen molar-refractivity contribution >= 4 is 34.7 Å². The van der Waals surface area contributed by atoms with Gasteiger partial charge in [0.25, 0.3) is 5.91 Å². The molecule has 0 unspecified atom stereocenters. The Hall–Kier alpha value is -1.13. The first-order chi connectivity index (χ1) is 9.84. The van der Waals surface area contributed by atoms with Gasteiger partial charge in [0.1, 0.15) is 0 Å². The van der Waals surface area contributed by atoms with Gasteiger partial charge in [0.15, 0.2) is 0 Å². The van der Waals surface area contributed by atoms with Gasteiger partial charge < -0.3 is 11.1 Å². The third-order valence-corrected chi connectivity index (χ3v) is 5.19. The van der Waals surface area contributed by atoms with Crippen molar-refractivity contribution < 1.29 is 4.79 Å². The van der Waals surface area contributed by atoms with Crippen LogP contribution in [0.5, 0.6) is 0 Å². The van der Waals surface area contributed by atoms with Crippen LogP contribution in [0.4, 0.5) is 0 Å². The molecule has 0 aliphatic heterocycles. The molecule has 3 N–H and O–H groups in total. The number of halogens is 1. The van der Waals surface area contributed by atoms with E-state index in [-0.39, 0.29) is 5.91 Å². The summed E-state index contributed by atoms with van der Waals surface area (Å²) in [6.07, 6.45) is 3.66. The van der Waals surface area contributed by atoms with E-state index in [1.165, 1.54) is 0 Å².